The van der Waals surface area contributed by atoms with Crippen LogP contribution in [0.3, 0.4) is 0 Å². The molecule has 3 aromatic heterocycles. The van der Waals surface area contributed by atoms with E-state index in [0.29, 0.717) is 12.2 Å². The lowest BCUT2D eigenvalue weighted by molar-refractivity contribution is 0.0198. The van der Waals surface area contributed by atoms with Crippen molar-refractivity contribution in [3.8, 4) is 0 Å². The van der Waals surface area contributed by atoms with Crippen molar-refractivity contribution in [2.24, 2.45) is 0 Å². The predicted octanol–water partition coefficient (Wildman–Crippen LogP) is 4.38. The minimum atomic E-state index is -0.209. The van der Waals surface area contributed by atoms with E-state index in [1.165, 1.54) is 11.1 Å². The molecule has 0 radical (unpaired) electrons. The maximum atomic E-state index is 13.3. The fourth-order valence-corrected chi connectivity index (χ4v) is 4.88. The molecule has 0 spiro atoms. The SMILES string of the molecule is CC(c1ccn2c(C(=O)Nc3cccc4c3cnn4Cc3ccccc3)cnc2c1)N1CCOCC1. The Balaban J connectivity index is 1.23. The molecule has 8 nitrogen and oxygen atoms in total. The Bertz CT molecular complexity index is 1520. The fourth-order valence-electron chi connectivity index (χ4n) is 4.88. The van der Waals surface area contributed by atoms with Gasteiger partial charge in [0, 0.05) is 30.7 Å². The zero-order valence-corrected chi connectivity index (χ0v) is 20.2. The molecule has 0 aliphatic carbocycles. The molecule has 6 rings (SSSR count). The molecule has 1 unspecified atom stereocenters. The van der Waals surface area contributed by atoms with Crippen molar-refractivity contribution < 1.29 is 9.53 Å². The Morgan fingerprint density at radius 2 is 1.89 bits per heavy atom. The smallest absolute Gasteiger partial charge is 0.274 e. The van der Waals surface area contributed by atoms with Gasteiger partial charge in [-0.15, -0.1) is 0 Å². The zero-order chi connectivity index (χ0) is 24.5. The molecule has 1 N–H and O–H groups in total. The van der Waals surface area contributed by atoms with Crippen LogP contribution in [-0.2, 0) is 11.3 Å². The highest BCUT2D eigenvalue weighted by Crippen LogP contribution is 2.26. The molecule has 1 saturated heterocycles. The molecule has 1 atom stereocenters. The van der Waals surface area contributed by atoms with E-state index in [1.807, 2.05) is 57.9 Å². The fraction of sp³-hybridized carbons (Fsp3) is 0.250. The number of nitrogens with one attached hydrogen (secondary N) is 1. The van der Waals surface area contributed by atoms with Gasteiger partial charge in [0.2, 0.25) is 0 Å². The summed E-state index contributed by atoms with van der Waals surface area (Å²) < 4.78 is 9.27. The van der Waals surface area contributed by atoms with Gasteiger partial charge in [-0.2, -0.15) is 5.10 Å². The molecule has 0 bridgehead atoms. The van der Waals surface area contributed by atoms with E-state index in [0.717, 1.165) is 48.5 Å². The maximum Gasteiger partial charge on any atom is 0.274 e. The normalized spacial score (nSPS) is 15.4. The van der Waals surface area contributed by atoms with Gasteiger partial charge in [-0.05, 0) is 42.3 Å². The standard InChI is InChI=1S/C28H28N6O2/c1-20(32-12-14-36-15-13-32)22-10-11-33-26(18-29-27(33)16-22)28(35)31-24-8-5-9-25-23(24)17-30-34(25)19-21-6-3-2-4-7-21/h2-11,16-18,20H,12-15,19H2,1H3,(H,31,35). The molecule has 1 fully saturated rings. The molecule has 1 aliphatic heterocycles. The van der Waals surface area contributed by atoms with Gasteiger partial charge in [0.05, 0.1) is 43.4 Å². The second-order valence-electron chi connectivity index (χ2n) is 9.14. The van der Waals surface area contributed by atoms with Crippen molar-refractivity contribution in [2.45, 2.75) is 19.5 Å². The number of benzene rings is 2. The summed E-state index contributed by atoms with van der Waals surface area (Å²) in [7, 11) is 0. The number of carbonyl (C=O) groups is 1. The molecule has 182 valence electrons. The summed E-state index contributed by atoms with van der Waals surface area (Å²) in [4.78, 5) is 20.2. The lowest BCUT2D eigenvalue weighted by Crippen LogP contribution is -2.38. The number of fused-ring (bicyclic) bond motifs is 2. The topological polar surface area (TPSA) is 76.7 Å². The van der Waals surface area contributed by atoms with E-state index in [4.69, 9.17) is 4.74 Å². The molecule has 2 aromatic carbocycles. The summed E-state index contributed by atoms with van der Waals surface area (Å²) in [5.41, 5.74) is 5.29. The number of hydrogen-bond acceptors (Lipinski definition) is 5. The molecule has 0 saturated carbocycles. The first-order chi connectivity index (χ1) is 17.7. The van der Waals surface area contributed by atoms with Gasteiger partial charge < -0.3 is 10.1 Å². The van der Waals surface area contributed by atoms with Crippen molar-refractivity contribution in [1.82, 2.24) is 24.1 Å². The molecule has 36 heavy (non-hydrogen) atoms. The average molecular weight is 481 g/mol. The number of rotatable bonds is 6. The summed E-state index contributed by atoms with van der Waals surface area (Å²) in [6, 6.07) is 20.5. The summed E-state index contributed by atoms with van der Waals surface area (Å²) in [6.07, 6.45) is 5.37. The molecule has 5 aromatic rings. The number of aromatic nitrogens is 4. The average Bonchev–Trinajstić information content (AvgIpc) is 3.54. The minimum absolute atomic E-state index is 0.209. The molecule has 1 amide bonds. The van der Waals surface area contributed by atoms with E-state index in [-0.39, 0.29) is 11.9 Å². The highest BCUT2D eigenvalue weighted by Gasteiger charge is 2.20. The van der Waals surface area contributed by atoms with Crippen molar-refractivity contribution >= 4 is 28.1 Å². The van der Waals surface area contributed by atoms with Crippen LogP contribution >= 0.6 is 0 Å². The van der Waals surface area contributed by atoms with Crippen LogP contribution in [0.25, 0.3) is 16.6 Å². The Morgan fingerprint density at radius 1 is 1.06 bits per heavy atom. The van der Waals surface area contributed by atoms with Crippen molar-refractivity contribution in [1.29, 1.82) is 0 Å². The molecule has 1 aliphatic rings. The van der Waals surface area contributed by atoms with Gasteiger partial charge in [0.15, 0.2) is 0 Å². The quantitative estimate of drug-likeness (QED) is 0.390. The minimum Gasteiger partial charge on any atom is -0.379 e. The van der Waals surface area contributed by atoms with Gasteiger partial charge in [0.1, 0.15) is 11.3 Å². The number of ether oxygens (including phenoxy) is 1. The van der Waals surface area contributed by atoms with E-state index in [2.05, 4.69) is 51.5 Å². The molecule has 4 heterocycles. The maximum absolute atomic E-state index is 13.3. The Morgan fingerprint density at radius 3 is 2.72 bits per heavy atom. The number of pyridine rings is 1. The van der Waals surface area contributed by atoms with Crippen molar-refractivity contribution in [3.05, 3.63) is 96.1 Å². The number of anilines is 1. The van der Waals surface area contributed by atoms with Gasteiger partial charge in [-0.1, -0.05) is 36.4 Å². The number of imidazole rings is 1. The third-order valence-electron chi connectivity index (χ3n) is 6.96. The summed E-state index contributed by atoms with van der Waals surface area (Å²) in [5.74, 6) is -0.209. The first-order valence-corrected chi connectivity index (χ1v) is 12.3. The van der Waals surface area contributed by atoms with Crippen LogP contribution in [0.4, 0.5) is 5.69 Å². The molecular weight excluding hydrogens is 452 g/mol. The second kappa shape index (κ2) is 9.56. The third kappa shape index (κ3) is 4.25. The van der Waals surface area contributed by atoms with Crippen LogP contribution in [-0.4, -0.2) is 56.3 Å². The number of hydrogen-bond donors (Lipinski definition) is 1. The van der Waals surface area contributed by atoms with Gasteiger partial charge >= 0.3 is 0 Å². The summed E-state index contributed by atoms with van der Waals surface area (Å²) in [6.45, 7) is 6.23. The Labute approximate surface area is 209 Å². The van der Waals surface area contributed by atoms with E-state index in [1.54, 1.807) is 6.20 Å². The largest absolute Gasteiger partial charge is 0.379 e. The number of carbonyl (C=O) groups excluding carboxylic acids is 1. The summed E-state index contributed by atoms with van der Waals surface area (Å²) >= 11 is 0. The Kier molecular flexibility index (Phi) is 5.96. The lowest BCUT2D eigenvalue weighted by atomic mass is 10.1. The lowest BCUT2D eigenvalue weighted by Gasteiger charge is -2.32. The van der Waals surface area contributed by atoms with Crippen LogP contribution in [0.1, 0.15) is 34.6 Å². The van der Waals surface area contributed by atoms with E-state index >= 15 is 0 Å². The first kappa shape index (κ1) is 22.5. The number of morpholine rings is 1. The van der Waals surface area contributed by atoms with Crippen LogP contribution in [0.5, 0.6) is 0 Å². The third-order valence-corrected chi connectivity index (χ3v) is 6.96. The second-order valence-corrected chi connectivity index (χ2v) is 9.14. The van der Waals surface area contributed by atoms with Crippen LogP contribution in [0.15, 0.2) is 79.3 Å². The number of nitrogens with zero attached hydrogens (tertiary/aromatic N) is 5. The van der Waals surface area contributed by atoms with Crippen LogP contribution in [0, 0.1) is 0 Å². The van der Waals surface area contributed by atoms with E-state index in [9.17, 15) is 4.79 Å². The van der Waals surface area contributed by atoms with Crippen LogP contribution < -0.4 is 5.32 Å². The van der Waals surface area contributed by atoms with Gasteiger partial charge in [-0.25, -0.2) is 4.98 Å². The monoisotopic (exact) mass is 480 g/mol. The zero-order valence-electron chi connectivity index (χ0n) is 20.2. The highest BCUT2D eigenvalue weighted by molar-refractivity contribution is 6.08. The first-order valence-electron chi connectivity index (χ1n) is 12.3. The van der Waals surface area contributed by atoms with Gasteiger partial charge in [0.25, 0.3) is 5.91 Å². The van der Waals surface area contributed by atoms with Gasteiger partial charge in [-0.3, -0.25) is 18.8 Å². The highest BCUT2D eigenvalue weighted by atomic mass is 16.5. The Hall–Kier alpha value is -4.01. The number of amides is 1. The van der Waals surface area contributed by atoms with Crippen molar-refractivity contribution in [2.75, 3.05) is 31.6 Å². The van der Waals surface area contributed by atoms with Crippen molar-refractivity contribution in [3.63, 3.8) is 0 Å². The molecule has 8 heteroatoms. The summed E-state index contributed by atoms with van der Waals surface area (Å²) in [5, 5.41) is 8.54. The molecular formula is C28H28N6O2. The van der Waals surface area contributed by atoms with E-state index < -0.39 is 0 Å². The predicted molar refractivity (Wildman–Crippen MR) is 139 cm³/mol. The van der Waals surface area contributed by atoms with Crippen LogP contribution in [0.2, 0.25) is 0 Å².